The SMILES string of the molecule is Cc1ccc(C2/C(=C(/O)c3ccc(C)c(C)c3)C(=O)C(=O)N2Cc2cccnc2)o1. The first-order chi connectivity index (χ1) is 14.4. The molecule has 1 aromatic carbocycles. The number of hydrogen-bond donors (Lipinski definition) is 1. The van der Waals surface area contributed by atoms with Crippen molar-refractivity contribution in [3.8, 4) is 0 Å². The summed E-state index contributed by atoms with van der Waals surface area (Å²) in [6, 6.07) is 11.7. The fourth-order valence-corrected chi connectivity index (χ4v) is 3.67. The second-order valence-electron chi connectivity index (χ2n) is 7.54. The number of hydrogen-bond acceptors (Lipinski definition) is 5. The molecule has 1 atom stereocenters. The number of aryl methyl sites for hydroxylation is 3. The van der Waals surface area contributed by atoms with Gasteiger partial charge in [-0.25, -0.2) is 0 Å². The highest BCUT2D eigenvalue weighted by molar-refractivity contribution is 6.46. The maximum Gasteiger partial charge on any atom is 0.296 e. The van der Waals surface area contributed by atoms with Crippen molar-refractivity contribution in [3.05, 3.63) is 94.2 Å². The minimum atomic E-state index is -0.819. The number of aromatic nitrogens is 1. The number of carbonyl (C=O) groups is 2. The standard InChI is InChI=1S/C24H22N2O4/c1-14-6-8-18(11-15(14)2)22(27)20-21(19-9-7-16(3)30-19)26(24(29)23(20)28)13-17-5-4-10-25-12-17/h4-12,21,27H,13H2,1-3H3/b22-20-. The van der Waals surface area contributed by atoms with Crippen LogP contribution in [0, 0.1) is 20.8 Å². The van der Waals surface area contributed by atoms with Crippen LogP contribution in [0.1, 0.15) is 39.8 Å². The van der Waals surface area contributed by atoms with Crippen molar-refractivity contribution >= 4 is 17.4 Å². The minimum Gasteiger partial charge on any atom is -0.507 e. The lowest BCUT2D eigenvalue weighted by Crippen LogP contribution is -2.29. The first kappa shape index (κ1) is 19.6. The summed E-state index contributed by atoms with van der Waals surface area (Å²) in [5, 5.41) is 11.1. The molecule has 0 aliphatic carbocycles. The van der Waals surface area contributed by atoms with Gasteiger partial charge in [-0.2, -0.15) is 0 Å². The van der Waals surface area contributed by atoms with Gasteiger partial charge in [-0.05, 0) is 61.7 Å². The zero-order chi connectivity index (χ0) is 21.4. The number of amides is 1. The summed E-state index contributed by atoms with van der Waals surface area (Å²) in [5.74, 6) is -0.523. The van der Waals surface area contributed by atoms with Gasteiger partial charge in [-0.3, -0.25) is 14.6 Å². The van der Waals surface area contributed by atoms with Crippen LogP contribution in [0.2, 0.25) is 0 Å². The fraction of sp³-hybridized carbons (Fsp3) is 0.208. The molecule has 3 heterocycles. The van der Waals surface area contributed by atoms with Crippen molar-refractivity contribution in [3.63, 3.8) is 0 Å². The van der Waals surface area contributed by atoms with Gasteiger partial charge in [0.1, 0.15) is 23.3 Å². The van der Waals surface area contributed by atoms with Crippen LogP contribution in [0.5, 0.6) is 0 Å². The molecule has 3 aromatic rings. The van der Waals surface area contributed by atoms with E-state index in [0.717, 1.165) is 16.7 Å². The molecule has 1 amide bonds. The predicted octanol–water partition coefficient (Wildman–Crippen LogP) is 4.22. The molecule has 0 saturated carbocycles. The van der Waals surface area contributed by atoms with Gasteiger partial charge in [0.25, 0.3) is 11.7 Å². The highest BCUT2D eigenvalue weighted by Crippen LogP contribution is 2.40. The summed E-state index contributed by atoms with van der Waals surface area (Å²) >= 11 is 0. The van der Waals surface area contributed by atoms with E-state index in [0.29, 0.717) is 17.1 Å². The summed E-state index contributed by atoms with van der Waals surface area (Å²) in [4.78, 5) is 31.4. The van der Waals surface area contributed by atoms with Gasteiger partial charge < -0.3 is 14.4 Å². The number of aliphatic hydroxyl groups excluding tert-OH is 1. The smallest absolute Gasteiger partial charge is 0.296 e. The molecule has 6 heteroatoms. The van der Waals surface area contributed by atoms with Gasteiger partial charge in [0.2, 0.25) is 0 Å². The number of carbonyl (C=O) groups excluding carboxylic acids is 2. The summed E-state index contributed by atoms with van der Waals surface area (Å²) in [6.45, 7) is 5.87. The number of nitrogens with zero attached hydrogens (tertiary/aromatic N) is 2. The van der Waals surface area contributed by atoms with Crippen molar-refractivity contribution in [2.75, 3.05) is 0 Å². The summed E-state index contributed by atoms with van der Waals surface area (Å²) in [5.41, 5.74) is 3.35. The Balaban J connectivity index is 1.86. The Morgan fingerprint density at radius 2 is 1.90 bits per heavy atom. The van der Waals surface area contributed by atoms with E-state index in [4.69, 9.17) is 4.42 Å². The Hall–Kier alpha value is -3.67. The first-order valence-electron chi connectivity index (χ1n) is 9.68. The number of likely N-dealkylation sites (tertiary alicyclic amines) is 1. The van der Waals surface area contributed by atoms with Crippen molar-refractivity contribution in [2.45, 2.75) is 33.4 Å². The Kier molecular flexibility index (Phi) is 4.99. The second-order valence-corrected chi connectivity index (χ2v) is 7.54. The van der Waals surface area contributed by atoms with Gasteiger partial charge >= 0.3 is 0 Å². The third kappa shape index (κ3) is 3.41. The van der Waals surface area contributed by atoms with Gasteiger partial charge in [-0.1, -0.05) is 18.2 Å². The van der Waals surface area contributed by atoms with Crippen LogP contribution < -0.4 is 0 Å². The molecule has 1 N–H and O–H groups in total. The molecule has 152 valence electrons. The monoisotopic (exact) mass is 402 g/mol. The number of pyridine rings is 1. The number of Topliss-reactive ketones (excluding diaryl/α,β-unsaturated/α-hetero) is 1. The normalized spacial score (nSPS) is 18.2. The van der Waals surface area contributed by atoms with Gasteiger partial charge in [0, 0.05) is 24.5 Å². The molecule has 4 rings (SSSR count). The van der Waals surface area contributed by atoms with E-state index in [1.165, 1.54) is 4.90 Å². The molecular formula is C24H22N2O4. The zero-order valence-corrected chi connectivity index (χ0v) is 17.0. The Morgan fingerprint density at radius 3 is 2.53 bits per heavy atom. The third-order valence-electron chi connectivity index (χ3n) is 5.43. The van der Waals surface area contributed by atoms with E-state index in [1.807, 2.05) is 32.0 Å². The van der Waals surface area contributed by atoms with E-state index < -0.39 is 17.7 Å². The van der Waals surface area contributed by atoms with Crippen LogP contribution in [-0.4, -0.2) is 26.7 Å². The number of aliphatic hydroxyl groups is 1. The van der Waals surface area contributed by atoms with Crippen LogP contribution in [0.4, 0.5) is 0 Å². The van der Waals surface area contributed by atoms with E-state index in [9.17, 15) is 14.7 Å². The molecule has 1 aliphatic heterocycles. The van der Waals surface area contributed by atoms with Crippen molar-refractivity contribution in [2.24, 2.45) is 0 Å². The van der Waals surface area contributed by atoms with Crippen molar-refractivity contribution < 1.29 is 19.1 Å². The van der Waals surface area contributed by atoms with Crippen LogP contribution in [0.3, 0.4) is 0 Å². The lowest BCUT2D eigenvalue weighted by Gasteiger charge is -2.23. The molecule has 30 heavy (non-hydrogen) atoms. The van der Waals surface area contributed by atoms with Crippen LogP contribution in [0.25, 0.3) is 5.76 Å². The van der Waals surface area contributed by atoms with Crippen LogP contribution >= 0.6 is 0 Å². The van der Waals surface area contributed by atoms with Gasteiger partial charge in [0.15, 0.2) is 0 Å². The highest BCUT2D eigenvalue weighted by atomic mass is 16.3. The molecule has 2 aromatic heterocycles. The number of rotatable bonds is 4. The van der Waals surface area contributed by atoms with E-state index in [2.05, 4.69) is 4.98 Å². The highest BCUT2D eigenvalue weighted by Gasteiger charge is 2.47. The molecule has 1 saturated heterocycles. The lowest BCUT2D eigenvalue weighted by atomic mass is 9.97. The van der Waals surface area contributed by atoms with E-state index >= 15 is 0 Å². The molecule has 0 radical (unpaired) electrons. The minimum absolute atomic E-state index is 0.0292. The predicted molar refractivity (Wildman–Crippen MR) is 111 cm³/mol. The topological polar surface area (TPSA) is 83.6 Å². The van der Waals surface area contributed by atoms with Crippen LogP contribution in [0.15, 0.2) is 64.8 Å². The fourth-order valence-electron chi connectivity index (χ4n) is 3.67. The van der Waals surface area contributed by atoms with E-state index in [1.54, 1.807) is 43.6 Å². The van der Waals surface area contributed by atoms with Gasteiger partial charge in [-0.15, -0.1) is 0 Å². The van der Waals surface area contributed by atoms with Gasteiger partial charge in [0.05, 0.1) is 5.57 Å². The zero-order valence-electron chi connectivity index (χ0n) is 17.0. The number of furan rings is 1. The number of ketones is 1. The maximum atomic E-state index is 13.0. The third-order valence-corrected chi connectivity index (χ3v) is 5.43. The summed E-state index contributed by atoms with van der Waals surface area (Å²) < 4.78 is 5.78. The van der Waals surface area contributed by atoms with Crippen molar-refractivity contribution in [1.29, 1.82) is 0 Å². The lowest BCUT2D eigenvalue weighted by molar-refractivity contribution is -0.140. The maximum absolute atomic E-state index is 13.0. The Labute approximate surface area is 174 Å². The number of benzene rings is 1. The molecule has 0 bridgehead atoms. The second kappa shape index (κ2) is 7.63. The average Bonchev–Trinajstić information content (AvgIpc) is 3.26. The molecular weight excluding hydrogens is 380 g/mol. The molecule has 6 nitrogen and oxygen atoms in total. The van der Waals surface area contributed by atoms with Crippen molar-refractivity contribution in [1.82, 2.24) is 9.88 Å². The Bertz CT molecular complexity index is 1160. The first-order valence-corrected chi connectivity index (χ1v) is 9.68. The van der Waals surface area contributed by atoms with Crippen LogP contribution in [-0.2, 0) is 16.1 Å². The average molecular weight is 402 g/mol. The Morgan fingerprint density at radius 1 is 1.10 bits per heavy atom. The quantitative estimate of drug-likeness (QED) is 0.401. The largest absolute Gasteiger partial charge is 0.507 e. The van der Waals surface area contributed by atoms with E-state index in [-0.39, 0.29) is 17.9 Å². The molecule has 0 spiro atoms. The molecule has 1 unspecified atom stereocenters. The molecule has 1 aliphatic rings. The molecule has 1 fully saturated rings. The summed E-state index contributed by atoms with van der Waals surface area (Å²) in [6.07, 6.45) is 3.29. The summed E-state index contributed by atoms with van der Waals surface area (Å²) in [7, 11) is 0.